The second kappa shape index (κ2) is 4.55. The normalized spacial score (nSPS) is 25.5. The number of hydrogen-bond acceptors (Lipinski definition) is 3. The van der Waals surface area contributed by atoms with Gasteiger partial charge in [-0.2, -0.15) is 0 Å². The molecule has 1 unspecified atom stereocenters. The smallest absolute Gasteiger partial charge is 0.245 e. The van der Waals surface area contributed by atoms with Gasteiger partial charge in [0.2, 0.25) is 5.91 Å². The molecule has 0 aromatic carbocycles. The fraction of sp³-hybridized carbons (Fsp3) is 0.750. The molecule has 1 aliphatic heterocycles. The van der Waals surface area contributed by atoms with Crippen molar-refractivity contribution in [3.05, 3.63) is 12.7 Å². The van der Waals surface area contributed by atoms with Gasteiger partial charge in [-0.25, -0.2) is 0 Å². The van der Waals surface area contributed by atoms with E-state index < -0.39 is 5.54 Å². The molecule has 1 saturated heterocycles. The number of carbonyl (C=O) groups is 1. The van der Waals surface area contributed by atoms with Gasteiger partial charge in [-0.3, -0.25) is 4.79 Å². The Balaban J connectivity index is 2.86. The van der Waals surface area contributed by atoms with Crippen molar-refractivity contribution >= 4 is 5.91 Å². The SMILES string of the molecule is C=CCN(C(=O)C1(N)CCOC1)C(C)(C)C. The molecule has 1 rings (SSSR count). The summed E-state index contributed by atoms with van der Waals surface area (Å²) in [5.74, 6) is -0.0441. The number of hydrogen-bond donors (Lipinski definition) is 1. The molecule has 0 bridgehead atoms. The quantitative estimate of drug-likeness (QED) is 0.728. The number of ether oxygens (including phenoxy) is 1. The molecule has 16 heavy (non-hydrogen) atoms. The van der Waals surface area contributed by atoms with Gasteiger partial charge in [0, 0.05) is 18.7 Å². The zero-order chi connectivity index (χ0) is 12.4. The van der Waals surface area contributed by atoms with Crippen molar-refractivity contribution in [2.24, 2.45) is 5.73 Å². The lowest BCUT2D eigenvalue weighted by atomic mass is 9.94. The molecule has 1 amide bonds. The van der Waals surface area contributed by atoms with Gasteiger partial charge in [-0.15, -0.1) is 6.58 Å². The highest BCUT2D eigenvalue weighted by Gasteiger charge is 2.43. The number of amides is 1. The maximum absolute atomic E-state index is 12.4. The van der Waals surface area contributed by atoms with Crippen LogP contribution in [0.4, 0.5) is 0 Å². The monoisotopic (exact) mass is 226 g/mol. The van der Waals surface area contributed by atoms with E-state index in [2.05, 4.69) is 6.58 Å². The summed E-state index contributed by atoms with van der Waals surface area (Å²) in [5, 5.41) is 0. The lowest BCUT2D eigenvalue weighted by Crippen LogP contribution is -2.60. The minimum Gasteiger partial charge on any atom is -0.379 e. The van der Waals surface area contributed by atoms with E-state index in [0.29, 0.717) is 26.2 Å². The first kappa shape index (κ1) is 13.2. The highest BCUT2D eigenvalue weighted by Crippen LogP contribution is 2.23. The van der Waals surface area contributed by atoms with Crippen molar-refractivity contribution in [1.29, 1.82) is 0 Å². The molecule has 4 heteroatoms. The molecule has 0 saturated carbocycles. The molecule has 0 aromatic heterocycles. The maximum Gasteiger partial charge on any atom is 0.245 e. The van der Waals surface area contributed by atoms with Crippen LogP contribution in [0.25, 0.3) is 0 Å². The fourth-order valence-corrected chi connectivity index (χ4v) is 1.81. The van der Waals surface area contributed by atoms with Crippen LogP contribution in [0.1, 0.15) is 27.2 Å². The van der Waals surface area contributed by atoms with E-state index >= 15 is 0 Å². The summed E-state index contributed by atoms with van der Waals surface area (Å²) < 4.78 is 5.22. The third-order valence-corrected chi connectivity index (χ3v) is 2.84. The Labute approximate surface area is 97.4 Å². The molecule has 92 valence electrons. The van der Waals surface area contributed by atoms with Crippen LogP contribution in [0.15, 0.2) is 12.7 Å². The molecule has 0 radical (unpaired) electrons. The summed E-state index contributed by atoms with van der Waals surface area (Å²) in [6, 6.07) is 0. The van der Waals surface area contributed by atoms with Crippen LogP contribution in [-0.4, -0.2) is 41.6 Å². The molecular formula is C12H22N2O2. The predicted molar refractivity (Wildman–Crippen MR) is 64.0 cm³/mol. The third kappa shape index (κ3) is 2.62. The van der Waals surface area contributed by atoms with Gasteiger partial charge in [0.05, 0.1) is 6.61 Å². The van der Waals surface area contributed by atoms with Gasteiger partial charge in [-0.05, 0) is 27.2 Å². The minimum absolute atomic E-state index is 0.0441. The average Bonchev–Trinajstić information content (AvgIpc) is 2.60. The van der Waals surface area contributed by atoms with E-state index in [1.165, 1.54) is 0 Å². The topological polar surface area (TPSA) is 55.6 Å². The molecule has 1 aliphatic rings. The van der Waals surface area contributed by atoms with E-state index in [1.54, 1.807) is 11.0 Å². The zero-order valence-corrected chi connectivity index (χ0v) is 10.5. The molecule has 2 N–H and O–H groups in total. The summed E-state index contributed by atoms with van der Waals surface area (Å²) >= 11 is 0. The van der Waals surface area contributed by atoms with Crippen LogP contribution in [0.5, 0.6) is 0 Å². The Kier molecular flexibility index (Phi) is 3.76. The summed E-state index contributed by atoms with van der Waals surface area (Å²) in [7, 11) is 0. The van der Waals surface area contributed by atoms with Gasteiger partial charge >= 0.3 is 0 Å². The van der Waals surface area contributed by atoms with Crippen molar-refractivity contribution in [3.63, 3.8) is 0 Å². The Morgan fingerprint density at radius 1 is 1.62 bits per heavy atom. The van der Waals surface area contributed by atoms with Crippen molar-refractivity contribution in [2.45, 2.75) is 38.3 Å². The first-order valence-electron chi connectivity index (χ1n) is 5.61. The molecule has 0 spiro atoms. The van der Waals surface area contributed by atoms with Crippen molar-refractivity contribution in [3.8, 4) is 0 Å². The minimum atomic E-state index is -0.851. The second-order valence-corrected chi connectivity index (χ2v) is 5.33. The van der Waals surface area contributed by atoms with E-state index in [-0.39, 0.29) is 11.4 Å². The highest BCUT2D eigenvalue weighted by molar-refractivity contribution is 5.87. The van der Waals surface area contributed by atoms with Gasteiger partial charge in [-0.1, -0.05) is 6.08 Å². The van der Waals surface area contributed by atoms with E-state index in [0.717, 1.165) is 0 Å². The van der Waals surface area contributed by atoms with E-state index in [4.69, 9.17) is 10.5 Å². The van der Waals surface area contributed by atoms with Gasteiger partial charge < -0.3 is 15.4 Å². The molecular weight excluding hydrogens is 204 g/mol. The molecule has 1 heterocycles. The van der Waals surface area contributed by atoms with E-state index in [9.17, 15) is 4.79 Å². The zero-order valence-electron chi connectivity index (χ0n) is 10.5. The molecule has 1 atom stereocenters. The fourth-order valence-electron chi connectivity index (χ4n) is 1.81. The Morgan fingerprint density at radius 2 is 2.25 bits per heavy atom. The molecule has 0 aromatic rings. The number of rotatable bonds is 3. The third-order valence-electron chi connectivity index (χ3n) is 2.84. The first-order valence-corrected chi connectivity index (χ1v) is 5.61. The van der Waals surface area contributed by atoms with Crippen LogP contribution in [0, 0.1) is 0 Å². The first-order chi connectivity index (χ1) is 7.31. The lowest BCUT2D eigenvalue weighted by Gasteiger charge is -2.39. The maximum atomic E-state index is 12.4. The number of nitrogens with two attached hydrogens (primary N) is 1. The van der Waals surface area contributed by atoms with Gasteiger partial charge in [0.15, 0.2) is 0 Å². The van der Waals surface area contributed by atoms with Crippen LogP contribution in [-0.2, 0) is 9.53 Å². The van der Waals surface area contributed by atoms with Crippen LogP contribution >= 0.6 is 0 Å². The summed E-state index contributed by atoms with van der Waals surface area (Å²) in [6.45, 7) is 11.1. The summed E-state index contributed by atoms with van der Waals surface area (Å²) in [4.78, 5) is 14.1. The summed E-state index contributed by atoms with van der Waals surface area (Å²) in [5.41, 5.74) is 4.98. The standard InChI is InChI=1S/C12H22N2O2/c1-5-7-14(11(2,3)4)10(15)12(13)6-8-16-9-12/h5H,1,6-9,13H2,2-4H3. The van der Waals surface area contributed by atoms with Crippen LogP contribution in [0.2, 0.25) is 0 Å². The summed E-state index contributed by atoms with van der Waals surface area (Å²) in [6.07, 6.45) is 2.32. The number of nitrogens with zero attached hydrogens (tertiary/aromatic N) is 1. The van der Waals surface area contributed by atoms with Gasteiger partial charge in [0.1, 0.15) is 5.54 Å². The Hall–Kier alpha value is -0.870. The molecule has 1 fully saturated rings. The number of carbonyl (C=O) groups excluding carboxylic acids is 1. The molecule has 0 aliphatic carbocycles. The van der Waals surface area contributed by atoms with Crippen molar-refractivity contribution in [1.82, 2.24) is 4.90 Å². The van der Waals surface area contributed by atoms with E-state index in [1.807, 2.05) is 20.8 Å². The van der Waals surface area contributed by atoms with Gasteiger partial charge in [0.25, 0.3) is 0 Å². The Bertz CT molecular complexity index is 275. The lowest BCUT2D eigenvalue weighted by molar-refractivity contribution is -0.141. The van der Waals surface area contributed by atoms with Crippen LogP contribution < -0.4 is 5.73 Å². The second-order valence-electron chi connectivity index (χ2n) is 5.33. The Morgan fingerprint density at radius 3 is 2.62 bits per heavy atom. The molecule has 4 nitrogen and oxygen atoms in total. The average molecular weight is 226 g/mol. The highest BCUT2D eigenvalue weighted by atomic mass is 16.5. The largest absolute Gasteiger partial charge is 0.379 e. The van der Waals surface area contributed by atoms with Crippen molar-refractivity contribution in [2.75, 3.05) is 19.8 Å². The predicted octanol–water partition coefficient (Wildman–Crippen LogP) is 0.917. The van der Waals surface area contributed by atoms with Crippen molar-refractivity contribution < 1.29 is 9.53 Å². The van der Waals surface area contributed by atoms with Crippen LogP contribution in [0.3, 0.4) is 0 Å².